The molecule has 1 aliphatic heterocycles. The first-order chi connectivity index (χ1) is 11.4. The monoisotopic (exact) mass is 347 g/mol. The van der Waals surface area contributed by atoms with Crippen LogP contribution in [0.2, 0.25) is 0 Å². The van der Waals surface area contributed by atoms with Crippen LogP contribution < -0.4 is 9.46 Å². The zero-order valence-corrected chi connectivity index (χ0v) is 14.3. The van der Waals surface area contributed by atoms with E-state index in [9.17, 15) is 13.5 Å². The molecule has 0 saturated carbocycles. The Balaban J connectivity index is 1.61. The molecule has 0 fully saturated rings. The molecule has 24 heavy (non-hydrogen) atoms. The van der Waals surface area contributed by atoms with E-state index >= 15 is 0 Å². The number of aliphatic hydroxyl groups excluding tert-OH is 1. The maximum atomic E-state index is 12.2. The maximum absolute atomic E-state index is 12.2. The van der Waals surface area contributed by atoms with Crippen LogP contribution in [0, 0.1) is 6.92 Å². The lowest BCUT2D eigenvalue weighted by Crippen LogP contribution is -2.29. The van der Waals surface area contributed by atoms with E-state index in [1.54, 1.807) is 12.1 Å². The smallest absolute Gasteiger partial charge is 0.215 e. The number of nitrogens with one attached hydrogen (secondary N) is 1. The van der Waals surface area contributed by atoms with Gasteiger partial charge in [0.25, 0.3) is 0 Å². The van der Waals surface area contributed by atoms with Crippen LogP contribution in [0.15, 0.2) is 42.5 Å². The van der Waals surface area contributed by atoms with E-state index in [0.29, 0.717) is 12.2 Å². The summed E-state index contributed by atoms with van der Waals surface area (Å²) in [5.74, 6) is 0.741. The van der Waals surface area contributed by atoms with E-state index in [4.69, 9.17) is 4.74 Å². The summed E-state index contributed by atoms with van der Waals surface area (Å²) in [5.41, 5.74) is 3.49. The van der Waals surface area contributed by atoms with Crippen molar-refractivity contribution in [1.82, 2.24) is 4.72 Å². The van der Waals surface area contributed by atoms with Crippen LogP contribution in [0.4, 0.5) is 0 Å². The Bertz CT molecular complexity index is 833. The van der Waals surface area contributed by atoms with Crippen LogP contribution in [-0.2, 0) is 22.2 Å². The summed E-state index contributed by atoms with van der Waals surface area (Å²) in [7, 11) is -3.50. The largest absolute Gasteiger partial charge is 0.493 e. The highest BCUT2D eigenvalue weighted by Gasteiger charge is 2.18. The van der Waals surface area contributed by atoms with Gasteiger partial charge in [0.15, 0.2) is 0 Å². The van der Waals surface area contributed by atoms with Crippen molar-refractivity contribution in [3.63, 3.8) is 0 Å². The highest BCUT2D eigenvalue weighted by Crippen LogP contribution is 2.28. The number of fused-ring (bicyclic) bond motifs is 1. The molecule has 128 valence electrons. The molecule has 3 rings (SSSR count). The topological polar surface area (TPSA) is 75.6 Å². The molecule has 0 aliphatic carbocycles. The van der Waals surface area contributed by atoms with Gasteiger partial charge < -0.3 is 9.84 Å². The minimum atomic E-state index is -3.50. The number of ether oxygens (including phenoxy) is 1. The van der Waals surface area contributed by atoms with Gasteiger partial charge in [-0.05, 0) is 35.7 Å². The van der Waals surface area contributed by atoms with Crippen LogP contribution in [-0.4, -0.2) is 26.7 Å². The molecule has 0 radical (unpaired) electrons. The molecule has 1 aliphatic rings. The molecule has 1 unspecified atom stereocenters. The van der Waals surface area contributed by atoms with E-state index in [2.05, 4.69) is 4.72 Å². The lowest BCUT2D eigenvalue weighted by molar-refractivity contribution is 0.182. The first-order valence-corrected chi connectivity index (χ1v) is 9.55. The molecule has 2 aromatic carbocycles. The standard InChI is InChI=1S/C18H21NO4S/c1-13-3-2-4-14(9-13)12-24(21,22)19-11-17(20)15-5-6-18-16(10-15)7-8-23-18/h2-6,9-10,17,19-20H,7-8,11-12H2,1H3. The predicted octanol–water partition coefficient (Wildman–Crippen LogP) is 2.08. The summed E-state index contributed by atoms with van der Waals surface area (Å²) < 4.78 is 32.3. The third-order valence-electron chi connectivity index (χ3n) is 4.03. The molecule has 0 amide bonds. The van der Waals surface area contributed by atoms with Crippen LogP contribution in [0.5, 0.6) is 5.75 Å². The minimum Gasteiger partial charge on any atom is -0.493 e. The van der Waals surface area contributed by atoms with Crippen molar-refractivity contribution in [2.24, 2.45) is 0 Å². The van der Waals surface area contributed by atoms with Crippen LogP contribution in [0.1, 0.15) is 28.4 Å². The Kier molecular flexibility index (Phi) is 4.89. The molecule has 0 bridgehead atoms. The SMILES string of the molecule is Cc1cccc(CS(=O)(=O)NCC(O)c2ccc3c(c2)CCO3)c1. The average molecular weight is 347 g/mol. The van der Waals surface area contributed by atoms with Crippen LogP contribution >= 0.6 is 0 Å². The number of hydrogen-bond acceptors (Lipinski definition) is 4. The maximum Gasteiger partial charge on any atom is 0.215 e. The number of hydrogen-bond donors (Lipinski definition) is 2. The Labute approximate surface area is 142 Å². The summed E-state index contributed by atoms with van der Waals surface area (Å²) in [6.45, 7) is 2.52. The van der Waals surface area contributed by atoms with Crippen molar-refractivity contribution in [3.8, 4) is 5.75 Å². The third-order valence-corrected chi connectivity index (χ3v) is 5.35. The number of sulfonamides is 1. The summed E-state index contributed by atoms with van der Waals surface area (Å²) >= 11 is 0. The first-order valence-electron chi connectivity index (χ1n) is 7.89. The Hall–Kier alpha value is -1.89. The lowest BCUT2D eigenvalue weighted by Gasteiger charge is -2.14. The fourth-order valence-electron chi connectivity index (χ4n) is 2.81. The van der Waals surface area contributed by atoms with Crippen molar-refractivity contribution in [1.29, 1.82) is 0 Å². The van der Waals surface area contributed by atoms with E-state index in [1.807, 2.05) is 37.3 Å². The number of aliphatic hydroxyl groups is 1. The zero-order valence-electron chi connectivity index (χ0n) is 13.5. The number of aryl methyl sites for hydroxylation is 1. The van der Waals surface area contributed by atoms with Crippen molar-refractivity contribution >= 4 is 10.0 Å². The number of rotatable bonds is 6. The summed E-state index contributed by atoms with van der Waals surface area (Å²) in [4.78, 5) is 0. The molecule has 2 N–H and O–H groups in total. The van der Waals surface area contributed by atoms with Gasteiger partial charge in [-0.25, -0.2) is 13.1 Å². The van der Waals surface area contributed by atoms with E-state index in [-0.39, 0.29) is 12.3 Å². The second kappa shape index (κ2) is 6.93. The second-order valence-corrected chi connectivity index (χ2v) is 7.88. The molecular weight excluding hydrogens is 326 g/mol. The van der Waals surface area contributed by atoms with Gasteiger partial charge in [0.05, 0.1) is 18.5 Å². The van der Waals surface area contributed by atoms with Crippen molar-refractivity contribution in [2.45, 2.75) is 25.2 Å². The minimum absolute atomic E-state index is 0.0478. The van der Waals surface area contributed by atoms with Gasteiger partial charge in [0.2, 0.25) is 10.0 Å². The van der Waals surface area contributed by atoms with Gasteiger partial charge in [-0.1, -0.05) is 35.9 Å². The van der Waals surface area contributed by atoms with Crippen LogP contribution in [0.25, 0.3) is 0 Å². The van der Waals surface area contributed by atoms with Gasteiger partial charge >= 0.3 is 0 Å². The van der Waals surface area contributed by atoms with Crippen molar-refractivity contribution in [3.05, 3.63) is 64.7 Å². The van der Waals surface area contributed by atoms with Gasteiger partial charge in [0.1, 0.15) is 5.75 Å². The molecule has 1 heterocycles. The lowest BCUT2D eigenvalue weighted by atomic mass is 10.0. The Morgan fingerprint density at radius 3 is 2.88 bits per heavy atom. The Morgan fingerprint density at radius 2 is 2.08 bits per heavy atom. The molecule has 6 heteroatoms. The fraction of sp³-hybridized carbons (Fsp3) is 0.333. The van der Waals surface area contributed by atoms with E-state index in [0.717, 1.165) is 28.9 Å². The molecular formula is C18H21NO4S. The van der Waals surface area contributed by atoms with Gasteiger partial charge in [0, 0.05) is 13.0 Å². The molecule has 0 saturated heterocycles. The first kappa shape index (κ1) is 17.0. The van der Waals surface area contributed by atoms with Gasteiger partial charge in [-0.3, -0.25) is 0 Å². The van der Waals surface area contributed by atoms with Crippen LogP contribution in [0.3, 0.4) is 0 Å². The molecule has 2 aromatic rings. The molecule has 1 atom stereocenters. The summed E-state index contributed by atoms with van der Waals surface area (Å²) in [5, 5.41) is 10.3. The Morgan fingerprint density at radius 1 is 1.25 bits per heavy atom. The fourth-order valence-corrected chi connectivity index (χ4v) is 3.94. The third kappa shape index (κ3) is 4.14. The molecule has 0 aromatic heterocycles. The normalized spacial score (nSPS) is 14.9. The highest BCUT2D eigenvalue weighted by atomic mass is 32.2. The van der Waals surface area contributed by atoms with E-state index in [1.165, 1.54) is 0 Å². The zero-order chi connectivity index (χ0) is 17.2. The van der Waals surface area contributed by atoms with Crippen molar-refractivity contribution in [2.75, 3.05) is 13.2 Å². The van der Waals surface area contributed by atoms with Gasteiger partial charge in [-0.2, -0.15) is 0 Å². The summed E-state index contributed by atoms with van der Waals surface area (Å²) in [6, 6.07) is 12.8. The van der Waals surface area contributed by atoms with Crippen molar-refractivity contribution < 1.29 is 18.3 Å². The molecule has 5 nitrogen and oxygen atoms in total. The summed E-state index contributed by atoms with van der Waals surface area (Å²) in [6.07, 6.45) is -0.0715. The molecule has 0 spiro atoms. The predicted molar refractivity (Wildman–Crippen MR) is 92.4 cm³/mol. The number of benzene rings is 2. The second-order valence-electron chi connectivity index (χ2n) is 6.08. The average Bonchev–Trinajstić information content (AvgIpc) is 2.99. The highest BCUT2D eigenvalue weighted by molar-refractivity contribution is 7.88. The van der Waals surface area contributed by atoms with Gasteiger partial charge in [-0.15, -0.1) is 0 Å². The van der Waals surface area contributed by atoms with E-state index < -0.39 is 16.1 Å². The quantitative estimate of drug-likeness (QED) is 0.839.